The molecule has 1 fully saturated rings. The van der Waals surface area contributed by atoms with E-state index in [0.717, 1.165) is 17.7 Å². The molecule has 2 aromatic rings. The second-order valence-electron chi connectivity index (χ2n) is 6.65. The highest BCUT2D eigenvalue weighted by Crippen LogP contribution is 2.33. The Morgan fingerprint density at radius 3 is 2.96 bits per heavy atom. The van der Waals surface area contributed by atoms with Gasteiger partial charge in [-0.05, 0) is 31.5 Å². The van der Waals surface area contributed by atoms with Gasteiger partial charge < -0.3 is 25.0 Å². The predicted molar refractivity (Wildman–Crippen MR) is 108 cm³/mol. The number of nitrogens with one attached hydrogen (secondary N) is 2. The first-order valence-corrected chi connectivity index (χ1v) is 9.46. The van der Waals surface area contributed by atoms with Crippen molar-refractivity contribution in [1.29, 1.82) is 0 Å². The number of ether oxygens (including phenoxy) is 2. The molecule has 150 valence electrons. The number of nitrogens with zero attached hydrogens (tertiary/aromatic N) is 3. The van der Waals surface area contributed by atoms with Crippen LogP contribution in [0.15, 0.2) is 24.4 Å². The van der Waals surface area contributed by atoms with E-state index in [9.17, 15) is 4.79 Å². The van der Waals surface area contributed by atoms with Crippen LogP contribution in [-0.4, -0.2) is 54.1 Å². The zero-order chi connectivity index (χ0) is 20.1. The molecule has 9 heteroatoms. The summed E-state index contributed by atoms with van der Waals surface area (Å²) in [5.41, 5.74) is 1.67. The molecular formula is C19H24ClN5O3. The summed E-state index contributed by atoms with van der Waals surface area (Å²) in [6, 6.07) is 5.77. The van der Waals surface area contributed by atoms with Gasteiger partial charge in [0.2, 0.25) is 12.4 Å². The quantitative estimate of drug-likeness (QED) is 0.683. The molecule has 1 aromatic carbocycles. The Kier molecular flexibility index (Phi) is 6.53. The number of carbonyl (C=O) groups excluding carboxylic acids is 1. The normalized spacial score (nSPS) is 16.8. The number of rotatable bonds is 7. The smallest absolute Gasteiger partial charge is 0.229 e. The van der Waals surface area contributed by atoms with Gasteiger partial charge in [0.15, 0.2) is 0 Å². The number of benzene rings is 1. The van der Waals surface area contributed by atoms with Gasteiger partial charge in [-0.3, -0.25) is 4.79 Å². The average molecular weight is 406 g/mol. The third-order valence-corrected chi connectivity index (χ3v) is 4.49. The van der Waals surface area contributed by atoms with Crippen LogP contribution in [0.3, 0.4) is 0 Å². The van der Waals surface area contributed by atoms with Crippen molar-refractivity contribution < 1.29 is 14.3 Å². The van der Waals surface area contributed by atoms with Crippen LogP contribution in [0.4, 0.5) is 17.5 Å². The molecule has 8 nitrogen and oxygen atoms in total. The number of aromatic nitrogens is 2. The van der Waals surface area contributed by atoms with Gasteiger partial charge in [-0.2, -0.15) is 4.98 Å². The highest BCUT2D eigenvalue weighted by atomic mass is 35.5. The molecule has 0 saturated carbocycles. The van der Waals surface area contributed by atoms with Gasteiger partial charge in [0.05, 0.1) is 31.1 Å². The lowest BCUT2D eigenvalue weighted by Crippen LogP contribution is -2.37. The van der Waals surface area contributed by atoms with E-state index in [4.69, 9.17) is 21.1 Å². The lowest BCUT2D eigenvalue weighted by molar-refractivity contribution is -0.125. The Hall–Kier alpha value is -2.58. The molecule has 2 heterocycles. The van der Waals surface area contributed by atoms with E-state index in [2.05, 4.69) is 20.6 Å². The van der Waals surface area contributed by atoms with Gasteiger partial charge in [0.1, 0.15) is 22.7 Å². The van der Waals surface area contributed by atoms with Crippen LogP contribution in [0, 0.1) is 0 Å². The molecular weight excluding hydrogens is 382 g/mol. The fourth-order valence-corrected chi connectivity index (χ4v) is 3.07. The van der Waals surface area contributed by atoms with Crippen molar-refractivity contribution in [2.45, 2.75) is 26.1 Å². The average Bonchev–Trinajstić information content (AvgIpc) is 2.70. The van der Waals surface area contributed by atoms with Crippen LogP contribution in [0.25, 0.3) is 0 Å². The summed E-state index contributed by atoms with van der Waals surface area (Å²) in [5, 5.41) is 6.54. The minimum absolute atomic E-state index is 0.0199. The van der Waals surface area contributed by atoms with Crippen molar-refractivity contribution in [3.8, 4) is 5.75 Å². The number of anilines is 3. The minimum atomic E-state index is -0.190. The number of amides is 1. The van der Waals surface area contributed by atoms with Crippen LogP contribution in [0.1, 0.15) is 25.5 Å². The number of hydrogen-bond acceptors (Lipinski definition) is 7. The standard InChI is InChI=1S/C19H24ClN5O3/c1-12(2)28-16-8-13(17-10-25(11-26)6-7-27-17)4-5-15(16)23-19-22-9-14(20)18(21-3)24-19/h4-5,8-9,11-12,17H,6-7,10H2,1-3H3,(H2,21,22,23,24). The fourth-order valence-electron chi connectivity index (χ4n) is 2.88. The van der Waals surface area contributed by atoms with E-state index in [-0.39, 0.29) is 12.2 Å². The number of halogens is 1. The molecule has 2 N–H and O–H groups in total. The monoisotopic (exact) mass is 405 g/mol. The van der Waals surface area contributed by atoms with Crippen molar-refractivity contribution in [3.63, 3.8) is 0 Å². The lowest BCUT2D eigenvalue weighted by Gasteiger charge is -2.31. The zero-order valence-electron chi connectivity index (χ0n) is 16.1. The first-order chi connectivity index (χ1) is 13.5. The third kappa shape index (κ3) is 4.82. The Bertz CT molecular complexity index is 833. The van der Waals surface area contributed by atoms with Crippen molar-refractivity contribution in [2.75, 3.05) is 37.4 Å². The number of morpholine rings is 1. The summed E-state index contributed by atoms with van der Waals surface area (Å²) >= 11 is 6.05. The second kappa shape index (κ2) is 9.07. The molecule has 0 radical (unpaired) electrons. The number of carbonyl (C=O) groups is 1. The molecule has 1 aromatic heterocycles. The fraction of sp³-hybridized carbons (Fsp3) is 0.421. The lowest BCUT2D eigenvalue weighted by atomic mass is 10.1. The molecule has 1 atom stereocenters. The highest BCUT2D eigenvalue weighted by Gasteiger charge is 2.22. The Balaban J connectivity index is 1.87. The van der Waals surface area contributed by atoms with Gasteiger partial charge >= 0.3 is 0 Å². The first kappa shape index (κ1) is 20.2. The summed E-state index contributed by atoms with van der Waals surface area (Å²) in [6.45, 7) is 5.55. The largest absolute Gasteiger partial charge is 0.489 e. The van der Waals surface area contributed by atoms with E-state index in [1.54, 1.807) is 11.9 Å². The van der Waals surface area contributed by atoms with E-state index < -0.39 is 0 Å². The molecule has 0 aliphatic carbocycles. The summed E-state index contributed by atoms with van der Waals surface area (Å²) in [4.78, 5) is 21.4. The highest BCUT2D eigenvalue weighted by molar-refractivity contribution is 6.32. The van der Waals surface area contributed by atoms with Crippen LogP contribution in [-0.2, 0) is 9.53 Å². The van der Waals surface area contributed by atoms with Crippen molar-refractivity contribution in [3.05, 3.63) is 35.0 Å². The van der Waals surface area contributed by atoms with Crippen LogP contribution >= 0.6 is 11.6 Å². The Morgan fingerprint density at radius 1 is 1.43 bits per heavy atom. The van der Waals surface area contributed by atoms with Gasteiger partial charge in [-0.1, -0.05) is 17.7 Å². The van der Waals surface area contributed by atoms with E-state index in [1.165, 1.54) is 6.20 Å². The van der Waals surface area contributed by atoms with Gasteiger partial charge in [-0.15, -0.1) is 0 Å². The van der Waals surface area contributed by atoms with Gasteiger partial charge in [-0.25, -0.2) is 4.98 Å². The third-order valence-electron chi connectivity index (χ3n) is 4.21. The van der Waals surface area contributed by atoms with E-state index in [0.29, 0.717) is 42.2 Å². The molecule has 28 heavy (non-hydrogen) atoms. The Labute approximate surface area is 169 Å². The van der Waals surface area contributed by atoms with Crippen molar-refractivity contribution in [1.82, 2.24) is 14.9 Å². The van der Waals surface area contributed by atoms with Crippen molar-refractivity contribution in [2.24, 2.45) is 0 Å². The Morgan fingerprint density at radius 2 is 2.25 bits per heavy atom. The minimum Gasteiger partial charge on any atom is -0.489 e. The maximum atomic E-state index is 11.1. The molecule has 3 rings (SSSR count). The molecule has 1 aliphatic heterocycles. The summed E-state index contributed by atoms with van der Waals surface area (Å²) in [7, 11) is 1.74. The maximum Gasteiger partial charge on any atom is 0.229 e. The number of hydrogen-bond donors (Lipinski definition) is 2. The van der Waals surface area contributed by atoms with Crippen LogP contribution in [0.2, 0.25) is 5.02 Å². The molecule has 0 spiro atoms. The molecule has 0 bridgehead atoms. The summed E-state index contributed by atoms with van der Waals surface area (Å²) in [5.74, 6) is 1.59. The maximum absolute atomic E-state index is 11.1. The van der Waals surface area contributed by atoms with Gasteiger partial charge in [0.25, 0.3) is 0 Å². The summed E-state index contributed by atoms with van der Waals surface area (Å²) < 4.78 is 11.8. The zero-order valence-corrected chi connectivity index (χ0v) is 16.9. The molecule has 1 aliphatic rings. The molecule has 1 amide bonds. The molecule has 1 unspecified atom stereocenters. The SMILES string of the molecule is CNc1nc(Nc2ccc(C3CN(C=O)CCO3)cc2OC(C)C)ncc1Cl. The van der Waals surface area contributed by atoms with Gasteiger partial charge in [0, 0.05) is 13.6 Å². The van der Waals surface area contributed by atoms with Crippen LogP contribution in [0.5, 0.6) is 5.75 Å². The topological polar surface area (TPSA) is 88.6 Å². The van der Waals surface area contributed by atoms with Crippen LogP contribution < -0.4 is 15.4 Å². The summed E-state index contributed by atoms with van der Waals surface area (Å²) in [6.07, 6.45) is 2.18. The predicted octanol–water partition coefficient (Wildman–Crippen LogP) is 3.23. The second-order valence-corrected chi connectivity index (χ2v) is 7.05. The molecule has 1 saturated heterocycles. The van der Waals surface area contributed by atoms with E-state index in [1.807, 2.05) is 32.0 Å². The van der Waals surface area contributed by atoms with E-state index >= 15 is 0 Å². The van der Waals surface area contributed by atoms with Crippen molar-refractivity contribution >= 4 is 35.5 Å². The first-order valence-electron chi connectivity index (χ1n) is 9.09.